The minimum absolute atomic E-state index is 0.193. The second-order valence-electron chi connectivity index (χ2n) is 8.68. The van der Waals surface area contributed by atoms with Crippen LogP contribution in [0.25, 0.3) is 0 Å². The summed E-state index contributed by atoms with van der Waals surface area (Å²) in [6.45, 7) is 3.78. The minimum Gasteiger partial charge on any atom is -0.494 e. The first-order valence-electron chi connectivity index (χ1n) is 11.0. The van der Waals surface area contributed by atoms with E-state index in [0.29, 0.717) is 11.7 Å². The van der Waals surface area contributed by atoms with Gasteiger partial charge in [0.15, 0.2) is 5.78 Å². The van der Waals surface area contributed by atoms with E-state index in [2.05, 4.69) is 9.88 Å². The number of ketones is 1. The van der Waals surface area contributed by atoms with Crippen LogP contribution < -0.4 is 4.74 Å². The zero-order chi connectivity index (χ0) is 18.9. The Morgan fingerprint density at radius 1 is 1.11 bits per heavy atom. The predicted octanol–water partition coefficient (Wildman–Crippen LogP) is 4.04. The van der Waals surface area contributed by atoms with Gasteiger partial charge in [-0.1, -0.05) is 18.2 Å². The number of Topliss-reactive ketones (excluding diaryl/α,β-unsaturated/α-hetero) is 1. The second kappa shape index (κ2) is 7.75. The summed E-state index contributed by atoms with van der Waals surface area (Å²) in [5, 5.41) is 0. The zero-order valence-corrected chi connectivity index (χ0v) is 16.6. The summed E-state index contributed by atoms with van der Waals surface area (Å²) < 4.78 is 5.83. The Labute approximate surface area is 167 Å². The number of rotatable bonds is 5. The Kier molecular flexibility index (Phi) is 4.98. The highest BCUT2D eigenvalue weighted by Gasteiger charge is 2.41. The van der Waals surface area contributed by atoms with Crippen LogP contribution in [0.1, 0.15) is 53.0 Å². The maximum absolute atomic E-state index is 13.4. The van der Waals surface area contributed by atoms with E-state index in [-0.39, 0.29) is 5.92 Å². The lowest BCUT2D eigenvalue weighted by atomic mass is 9.72. The van der Waals surface area contributed by atoms with Crippen molar-refractivity contribution in [2.24, 2.45) is 11.8 Å². The molecule has 1 aromatic heterocycles. The number of nitrogens with one attached hydrogen (secondary N) is 1. The number of hydrogen-bond acceptors (Lipinski definition) is 3. The molecule has 5 rings (SSSR count). The van der Waals surface area contributed by atoms with Crippen molar-refractivity contribution in [2.45, 2.75) is 44.9 Å². The third-order valence-corrected chi connectivity index (χ3v) is 6.89. The van der Waals surface area contributed by atoms with Gasteiger partial charge in [-0.05, 0) is 75.1 Å². The summed E-state index contributed by atoms with van der Waals surface area (Å²) in [7, 11) is 0. The van der Waals surface area contributed by atoms with Crippen molar-refractivity contribution in [3.63, 3.8) is 0 Å². The lowest BCUT2D eigenvalue weighted by molar-refractivity contribution is 0.0650. The minimum atomic E-state index is 0.193. The number of benzene rings is 1. The van der Waals surface area contributed by atoms with Gasteiger partial charge in [-0.3, -0.25) is 4.79 Å². The van der Waals surface area contributed by atoms with Crippen LogP contribution in [0, 0.1) is 11.8 Å². The maximum Gasteiger partial charge on any atom is 0.169 e. The largest absolute Gasteiger partial charge is 0.494 e. The van der Waals surface area contributed by atoms with Crippen molar-refractivity contribution in [2.75, 3.05) is 26.2 Å². The fraction of sp³-hybridized carbons (Fsp3) is 0.542. The Balaban J connectivity index is 1.20. The average Bonchev–Trinajstić information content (AvgIpc) is 3.11. The molecule has 148 valence electrons. The van der Waals surface area contributed by atoms with E-state index in [1.54, 1.807) is 0 Å². The molecule has 0 radical (unpaired) electrons. The number of carbonyl (C=O) groups is 1. The number of likely N-dealkylation sites (tertiary alicyclic amines) is 1. The van der Waals surface area contributed by atoms with Crippen LogP contribution in [0.4, 0.5) is 0 Å². The topological polar surface area (TPSA) is 45.3 Å². The molecule has 0 spiro atoms. The molecule has 0 amide bonds. The van der Waals surface area contributed by atoms with Crippen molar-refractivity contribution in [3.8, 4) is 5.75 Å². The number of nitrogens with zero attached hydrogens (tertiary/aromatic N) is 1. The van der Waals surface area contributed by atoms with Crippen LogP contribution in [0.2, 0.25) is 0 Å². The first-order valence-corrected chi connectivity index (χ1v) is 11.0. The summed E-state index contributed by atoms with van der Waals surface area (Å²) in [5.74, 6) is 2.08. The third kappa shape index (κ3) is 3.39. The molecule has 1 N–H and O–H groups in total. The first kappa shape index (κ1) is 18.0. The molecule has 4 heteroatoms. The predicted molar refractivity (Wildman–Crippen MR) is 110 cm³/mol. The molecule has 2 aromatic rings. The number of H-pyrrole nitrogens is 1. The summed E-state index contributed by atoms with van der Waals surface area (Å²) in [5.41, 5.74) is 5.06. The zero-order valence-electron chi connectivity index (χ0n) is 16.6. The SMILES string of the molecule is O=C1c2c([nH]c3c2CCCC3)C[C@@H]2CCN(CCCOc3ccccc3)C[C@@H]12. The van der Waals surface area contributed by atoms with E-state index in [1.165, 1.54) is 29.8 Å². The molecule has 2 aliphatic carbocycles. The average molecular weight is 379 g/mol. The van der Waals surface area contributed by atoms with Gasteiger partial charge in [-0.25, -0.2) is 0 Å². The van der Waals surface area contributed by atoms with Gasteiger partial charge in [0.05, 0.1) is 6.61 Å². The van der Waals surface area contributed by atoms with Crippen molar-refractivity contribution < 1.29 is 9.53 Å². The number of fused-ring (bicyclic) bond motifs is 4. The summed E-state index contributed by atoms with van der Waals surface area (Å²) >= 11 is 0. The molecular weight excluding hydrogens is 348 g/mol. The molecule has 4 nitrogen and oxygen atoms in total. The fourth-order valence-corrected chi connectivity index (χ4v) is 5.45. The number of carbonyl (C=O) groups excluding carboxylic acids is 1. The normalized spacial score (nSPS) is 24.4. The maximum atomic E-state index is 13.4. The van der Waals surface area contributed by atoms with Crippen LogP contribution >= 0.6 is 0 Å². The second-order valence-corrected chi connectivity index (χ2v) is 8.68. The number of aromatic amines is 1. The standard InChI is InChI=1S/C24H30N2O2/c27-24-20-16-26(12-6-14-28-18-7-2-1-3-8-18)13-11-17(20)15-22-23(24)19-9-4-5-10-21(19)25-22/h1-3,7-8,17,20,25H,4-6,9-16H2/t17-,20+/m0/s1. The van der Waals surface area contributed by atoms with Crippen LogP contribution in [-0.4, -0.2) is 41.9 Å². The molecule has 0 bridgehead atoms. The smallest absolute Gasteiger partial charge is 0.169 e. The lowest BCUT2D eigenvalue weighted by Crippen LogP contribution is -2.47. The number of hydrogen-bond donors (Lipinski definition) is 1. The molecule has 28 heavy (non-hydrogen) atoms. The first-order chi connectivity index (χ1) is 13.8. The van der Waals surface area contributed by atoms with Crippen LogP contribution in [0.5, 0.6) is 5.75 Å². The van der Waals surface area contributed by atoms with Gasteiger partial charge in [-0.15, -0.1) is 0 Å². The van der Waals surface area contributed by atoms with Gasteiger partial charge >= 0.3 is 0 Å². The van der Waals surface area contributed by atoms with Gasteiger partial charge in [0, 0.05) is 36.0 Å². The van der Waals surface area contributed by atoms with Crippen molar-refractivity contribution >= 4 is 5.78 Å². The Morgan fingerprint density at radius 3 is 2.86 bits per heavy atom. The van der Waals surface area contributed by atoms with E-state index in [9.17, 15) is 4.79 Å². The summed E-state index contributed by atoms with van der Waals surface area (Å²) in [6, 6.07) is 10.0. The quantitative estimate of drug-likeness (QED) is 0.799. The number of ether oxygens (including phenoxy) is 1. The van der Waals surface area contributed by atoms with Gasteiger partial charge in [0.2, 0.25) is 0 Å². The molecule has 0 saturated carbocycles. The van der Waals surface area contributed by atoms with Crippen molar-refractivity contribution in [1.29, 1.82) is 0 Å². The number of aromatic nitrogens is 1. The fourth-order valence-electron chi connectivity index (χ4n) is 5.45. The van der Waals surface area contributed by atoms with E-state index < -0.39 is 0 Å². The van der Waals surface area contributed by atoms with Gasteiger partial charge in [0.25, 0.3) is 0 Å². The molecular formula is C24H30N2O2. The molecule has 2 heterocycles. The number of para-hydroxylation sites is 1. The molecule has 3 aliphatic rings. The molecule has 0 unspecified atom stereocenters. The van der Waals surface area contributed by atoms with E-state index >= 15 is 0 Å². The van der Waals surface area contributed by atoms with E-state index in [4.69, 9.17) is 4.74 Å². The molecule has 1 aliphatic heterocycles. The van der Waals surface area contributed by atoms with Crippen LogP contribution in [0.15, 0.2) is 30.3 Å². The summed E-state index contributed by atoms with van der Waals surface area (Å²) in [4.78, 5) is 19.5. The number of piperidine rings is 1. The monoisotopic (exact) mass is 378 g/mol. The Bertz CT molecular complexity index is 842. The van der Waals surface area contributed by atoms with Gasteiger partial charge in [-0.2, -0.15) is 0 Å². The third-order valence-electron chi connectivity index (χ3n) is 6.89. The van der Waals surface area contributed by atoms with Gasteiger partial charge < -0.3 is 14.6 Å². The lowest BCUT2D eigenvalue weighted by Gasteiger charge is -2.40. The van der Waals surface area contributed by atoms with Crippen molar-refractivity contribution in [3.05, 3.63) is 52.8 Å². The number of aryl methyl sites for hydroxylation is 1. The Hall–Kier alpha value is -2.07. The molecule has 1 aromatic carbocycles. The van der Waals surface area contributed by atoms with E-state index in [0.717, 1.165) is 69.7 Å². The highest BCUT2D eigenvalue weighted by atomic mass is 16.5. The Morgan fingerprint density at radius 2 is 1.96 bits per heavy atom. The highest BCUT2D eigenvalue weighted by molar-refractivity contribution is 6.02. The van der Waals surface area contributed by atoms with Gasteiger partial charge in [0.1, 0.15) is 5.75 Å². The summed E-state index contributed by atoms with van der Waals surface area (Å²) in [6.07, 6.45) is 7.91. The molecule has 1 saturated heterocycles. The molecule has 1 fully saturated rings. The highest BCUT2D eigenvalue weighted by Crippen LogP contribution is 2.39. The molecule has 2 atom stereocenters. The van der Waals surface area contributed by atoms with Crippen molar-refractivity contribution in [1.82, 2.24) is 9.88 Å². The van der Waals surface area contributed by atoms with Crippen LogP contribution in [-0.2, 0) is 19.3 Å². The van der Waals surface area contributed by atoms with Crippen LogP contribution in [0.3, 0.4) is 0 Å². The van der Waals surface area contributed by atoms with E-state index in [1.807, 2.05) is 30.3 Å².